The highest BCUT2D eigenvalue weighted by Crippen LogP contribution is 2.41. The SMILES string of the molecule is CC1=NN=C(CCC2CCCCCCC(C)C(C)C3CCCC2CC(C)C3)C1. The maximum atomic E-state index is 4.44. The Labute approximate surface area is 175 Å². The van der Waals surface area contributed by atoms with Gasteiger partial charge in [-0.2, -0.15) is 10.2 Å². The average molecular weight is 387 g/mol. The molecule has 0 saturated heterocycles. The van der Waals surface area contributed by atoms with Crippen LogP contribution in [0.4, 0.5) is 0 Å². The van der Waals surface area contributed by atoms with Crippen LogP contribution in [0.2, 0.25) is 0 Å². The molecule has 3 fully saturated rings. The second-order valence-electron chi connectivity index (χ2n) is 10.8. The van der Waals surface area contributed by atoms with Crippen LogP contribution in [0.1, 0.15) is 118 Å². The zero-order valence-electron chi connectivity index (χ0n) is 19.3. The fraction of sp³-hybridized carbons (Fsp3) is 0.923. The summed E-state index contributed by atoms with van der Waals surface area (Å²) >= 11 is 0. The highest BCUT2D eigenvalue weighted by molar-refractivity contribution is 6.06. The monoisotopic (exact) mass is 386 g/mol. The number of hydrogen-bond acceptors (Lipinski definition) is 2. The van der Waals surface area contributed by atoms with Crippen LogP contribution in [0.5, 0.6) is 0 Å². The highest BCUT2D eigenvalue weighted by atomic mass is 15.2. The predicted octanol–water partition coefficient (Wildman–Crippen LogP) is 8.06. The lowest BCUT2D eigenvalue weighted by Gasteiger charge is -2.37. The van der Waals surface area contributed by atoms with Gasteiger partial charge in [0, 0.05) is 17.8 Å². The molecule has 6 atom stereocenters. The lowest BCUT2D eigenvalue weighted by Crippen LogP contribution is -2.27. The van der Waals surface area contributed by atoms with Gasteiger partial charge in [-0.05, 0) is 68.1 Å². The minimum Gasteiger partial charge on any atom is -0.160 e. The second kappa shape index (κ2) is 10.9. The Balaban J connectivity index is 1.64. The lowest BCUT2D eigenvalue weighted by atomic mass is 9.68. The molecule has 0 aromatic carbocycles. The molecule has 4 aliphatic rings. The third kappa shape index (κ3) is 6.42. The number of hydrogen-bond donors (Lipinski definition) is 0. The van der Waals surface area contributed by atoms with Crippen molar-refractivity contribution in [2.75, 3.05) is 0 Å². The first kappa shape index (κ1) is 22.0. The van der Waals surface area contributed by atoms with Crippen molar-refractivity contribution in [2.45, 2.75) is 118 Å². The molecule has 160 valence electrons. The summed E-state index contributed by atoms with van der Waals surface area (Å²) in [6.45, 7) is 9.79. The van der Waals surface area contributed by atoms with E-state index in [0.29, 0.717) is 0 Å². The van der Waals surface area contributed by atoms with Crippen LogP contribution in [0.3, 0.4) is 0 Å². The van der Waals surface area contributed by atoms with Gasteiger partial charge in [0.2, 0.25) is 0 Å². The van der Waals surface area contributed by atoms with Crippen LogP contribution in [-0.2, 0) is 0 Å². The van der Waals surface area contributed by atoms with E-state index in [1.807, 2.05) is 0 Å². The van der Waals surface area contributed by atoms with Crippen molar-refractivity contribution >= 4 is 11.4 Å². The summed E-state index contributed by atoms with van der Waals surface area (Å²) < 4.78 is 0. The third-order valence-electron chi connectivity index (χ3n) is 8.48. The van der Waals surface area contributed by atoms with Crippen molar-refractivity contribution in [1.29, 1.82) is 0 Å². The number of nitrogens with zero attached hydrogens (tertiary/aromatic N) is 2. The van der Waals surface area contributed by atoms with E-state index in [2.05, 4.69) is 37.9 Å². The molecule has 0 aromatic rings. The van der Waals surface area contributed by atoms with Crippen molar-refractivity contribution in [3.8, 4) is 0 Å². The number of rotatable bonds is 3. The van der Waals surface area contributed by atoms with Gasteiger partial charge in [-0.25, -0.2) is 0 Å². The molecule has 1 aliphatic heterocycles. The van der Waals surface area contributed by atoms with E-state index in [4.69, 9.17) is 0 Å². The molecule has 4 rings (SSSR count). The standard InChI is InChI=1S/C26H46N2/c1-19-16-24-12-9-13-25(17-19)23(14-15-26-18-21(3)27-28-26)11-8-6-5-7-10-20(2)22(24)4/h19-20,22-25H,5-18H2,1-4H3. The fourth-order valence-electron chi connectivity index (χ4n) is 6.50. The van der Waals surface area contributed by atoms with E-state index >= 15 is 0 Å². The van der Waals surface area contributed by atoms with Gasteiger partial charge in [0.25, 0.3) is 0 Å². The van der Waals surface area contributed by atoms with E-state index in [1.54, 1.807) is 0 Å². The van der Waals surface area contributed by atoms with Crippen molar-refractivity contribution in [1.82, 2.24) is 0 Å². The summed E-state index contributed by atoms with van der Waals surface area (Å²) in [5, 5.41) is 8.72. The van der Waals surface area contributed by atoms with Gasteiger partial charge < -0.3 is 0 Å². The van der Waals surface area contributed by atoms with Crippen molar-refractivity contribution in [3.05, 3.63) is 0 Å². The van der Waals surface area contributed by atoms with E-state index in [1.165, 1.54) is 94.9 Å². The summed E-state index contributed by atoms with van der Waals surface area (Å²) in [6.07, 6.45) is 19.7. The smallest absolute Gasteiger partial charge is 0.0462 e. The Bertz CT molecular complexity index is 535. The zero-order chi connectivity index (χ0) is 19.9. The van der Waals surface area contributed by atoms with Gasteiger partial charge >= 0.3 is 0 Å². The first-order chi connectivity index (χ1) is 13.5. The summed E-state index contributed by atoms with van der Waals surface area (Å²) in [4.78, 5) is 0. The second-order valence-corrected chi connectivity index (χ2v) is 10.8. The maximum Gasteiger partial charge on any atom is 0.0462 e. The summed E-state index contributed by atoms with van der Waals surface area (Å²) in [7, 11) is 0. The molecule has 2 heteroatoms. The van der Waals surface area contributed by atoms with Crippen LogP contribution in [0.25, 0.3) is 0 Å². The Morgan fingerprint density at radius 3 is 2.25 bits per heavy atom. The molecular formula is C26H46N2. The molecule has 1 heterocycles. The molecule has 0 radical (unpaired) electrons. The predicted molar refractivity (Wildman–Crippen MR) is 123 cm³/mol. The first-order valence-electron chi connectivity index (χ1n) is 12.6. The highest BCUT2D eigenvalue weighted by Gasteiger charge is 2.31. The Hall–Kier alpha value is -0.660. The molecule has 2 nitrogen and oxygen atoms in total. The summed E-state index contributed by atoms with van der Waals surface area (Å²) in [6, 6.07) is 0. The molecule has 6 unspecified atom stereocenters. The van der Waals surface area contributed by atoms with Crippen LogP contribution in [0, 0.1) is 35.5 Å². The summed E-state index contributed by atoms with van der Waals surface area (Å²) in [5.74, 6) is 5.59. The molecular weight excluding hydrogens is 340 g/mol. The molecule has 3 saturated carbocycles. The van der Waals surface area contributed by atoms with Gasteiger partial charge in [-0.3, -0.25) is 0 Å². The van der Waals surface area contributed by atoms with Crippen LogP contribution in [-0.4, -0.2) is 11.4 Å². The normalized spacial score (nSPS) is 38.4. The molecule has 0 aromatic heterocycles. The first-order valence-corrected chi connectivity index (χ1v) is 12.6. The minimum atomic E-state index is 0.907. The lowest BCUT2D eigenvalue weighted by molar-refractivity contribution is 0.138. The van der Waals surface area contributed by atoms with E-state index in [-0.39, 0.29) is 0 Å². The Kier molecular flexibility index (Phi) is 8.60. The zero-order valence-corrected chi connectivity index (χ0v) is 19.3. The molecule has 0 amide bonds. The van der Waals surface area contributed by atoms with Crippen molar-refractivity contribution < 1.29 is 0 Å². The molecule has 0 spiro atoms. The quantitative estimate of drug-likeness (QED) is 0.468. The largest absolute Gasteiger partial charge is 0.160 e. The minimum absolute atomic E-state index is 0.907. The topological polar surface area (TPSA) is 24.7 Å². The van der Waals surface area contributed by atoms with Gasteiger partial charge in [-0.15, -0.1) is 0 Å². The van der Waals surface area contributed by atoms with E-state index in [9.17, 15) is 0 Å². The van der Waals surface area contributed by atoms with E-state index in [0.717, 1.165) is 41.9 Å². The summed E-state index contributed by atoms with van der Waals surface area (Å²) in [5.41, 5.74) is 2.55. The van der Waals surface area contributed by atoms with Gasteiger partial charge in [-0.1, -0.05) is 78.6 Å². The van der Waals surface area contributed by atoms with Gasteiger partial charge in [0.1, 0.15) is 0 Å². The maximum absolute atomic E-state index is 4.44. The molecule has 3 aliphatic carbocycles. The molecule has 28 heavy (non-hydrogen) atoms. The van der Waals surface area contributed by atoms with Crippen LogP contribution in [0.15, 0.2) is 10.2 Å². The fourth-order valence-corrected chi connectivity index (χ4v) is 6.50. The Morgan fingerprint density at radius 2 is 1.50 bits per heavy atom. The van der Waals surface area contributed by atoms with E-state index < -0.39 is 0 Å². The van der Waals surface area contributed by atoms with Crippen molar-refractivity contribution in [2.24, 2.45) is 45.7 Å². The average Bonchev–Trinajstić information content (AvgIpc) is 3.07. The number of fused-ring (bicyclic) bond motifs is 12. The van der Waals surface area contributed by atoms with Crippen LogP contribution >= 0.6 is 0 Å². The molecule has 0 N–H and O–H groups in total. The molecule has 2 bridgehead atoms. The van der Waals surface area contributed by atoms with Crippen molar-refractivity contribution in [3.63, 3.8) is 0 Å². The van der Waals surface area contributed by atoms with Gasteiger partial charge in [0.05, 0.1) is 0 Å². The van der Waals surface area contributed by atoms with Crippen LogP contribution < -0.4 is 0 Å². The Morgan fingerprint density at radius 1 is 0.786 bits per heavy atom. The van der Waals surface area contributed by atoms with Gasteiger partial charge in [0.15, 0.2) is 0 Å². The third-order valence-corrected chi connectivity index (χ3v) is 8.48.